The second kappa shape index (κ2) is 4.35. The molecule has 0 aromatic carbocycles. The third-order valence-electron chi connectivity index (χ3n) is 4.36. The SMILES string of the molecule is Cn1cc(C2(CN)CCCCC2)c2nccnc21. The molecule has 0 saturated heterocycles. The Hall–Kier alpha value is -1.42. The van der Waals surface area contributed by atoms with E-state index in [1.165, 1.54) is 37.7 Å². The molecule has 2 aromatic heterocycles. The van der Waals surface area contributed by atoms with Crippen LogP contribution in [-0.2, 0) is 12.5 Å². The minimum Gasteiger partial charge on any atom is -0.334 e. The van der Waals surface area contributed by atoms with Gasteiger partial charge in [-0.1, -0.05) is 19.3 Å². The topological polar surface area (TPSA) is 56.7 Å². The standard InChI is InChI=1S/C14H20N4/c1-18-9-11(12-13(18)17-8-7-16-12)14(10-15)5-3-2-4-6-14/h7-9H,2-6,10,15H2,1H3. The fourth-order valence-corrected chi connectivity index (χ4v) is 3.29. The van der Waals surface area contributed by atoms with Gasteiger partial charge in [0.1, 0.15) is 5.52 Å². The Morgan fingerprint density at radius 1 is 1.22 bits per heavy atom. The summed E-state index contributed by atoms with van der Waals surface area (Å²) in [6.07, 6.45) is 11.9. The fraction of sp³-hybridized carbons (Fsp3) is 0.571. The number of aryl methyl sites for hydroxylation is 1. The molecule has 1 aliphatic rings. The van der Waals surface area contributed by atoms with Crippen LogP contribution >= 0.6 is 0 Å². The Bertz CT molecular complexity index is 552. The van der Waals surface area contributed by atoms with Crippen LogP contribution < -0.4 is 5.73 Å². The van der Waals surface area contributed by atoms with Gasteiger partial charge in [0.25, 0.3) is 0 Å². The summed E-state index contributed by atoms with van der Waals surface area (Å²) in [7, 11) is 2.04. The maximum Gasteiger partial charge on any atom is 0.158 e. The van der Waals surface area contributed by atoms with E-state index in [-0.39, 0.29) is 5.41 Å². The number of aromatic nitrogens is 3. The first kappa shape index (κ1) is 11.7. The van der Waals surface area contributed by atoms with Crippen molar-refractivity contribution < 1.29 is 0 Å². The maximum atomic E-state index is 6.11. The number of hydrogen-bond donors (Lipinski definition) is 1. The Morgan fingerprint density at radius 3 is 2.67 bits per heavy atom. The van der Waals surface area contributed by atoms with Gasteiger partial charge in [0, 0.05) is 43.2 Å². The summed E-state index contributed by atoms with van der Waals surface area (Å²) in [5.74, 6) is 0. The lowest BCUT2D eigenvalue weighted by molar-refractivity contribution is 0.302. The fourth-order valence-electron chi connectivity index (χ4n) is 3.29. The van der Waals surface area contributed by atoms with Gasteiger partial charge in [-0.25, -0.2) is 4.98 Å². The first-order valence-corrected chi connectivity index (χ1v) is 6.73. The lowest BCUT2D eigenvalue weighted by Gasteiger charge is -2.35. The highest BCUT2D eigenvalue weighted by Gasteiger charge is 2.35. The summed E-state index contributed by atoms with van der Waals surface area (Å²) in [6.45, 7) is 0.711. The first-order chi connectivity index (χ1) is 8.77. The van der Waals surface area contributed by atoms with Crippen LogP contribution in [0.25, 0.3) is 11.2 Å². The van der Waals surface area contributed by atoms with Crippen molar-refractivity contribution in [3.8, 4) is 0 Å². The number of nitrogens with two attached hydrogens (primary N) is 1. The molecule has 2 aromatic rings. The van der Waals surface area contributed by atoms with Crippen LogP contribution in [0.1, 0.15) is 37.7 Å². The van der Waals surface area contributed by atoms with E-state index in [0.29, 0.717) is 6.54 Å². The van der Waals surface area contributed by atoms with E-state index in [9.17, 15) is 0 Å². The van der Waals surface area contributed by atoms with E-state index in [0.717, 1.165) is 11.2 Å². The van der Waals surface area contributed by atoms with Gasteiger partial charge in [-0.15, -0.1) is 0 Å². The molecule has 0 unspecified atom stereocenters. The molecule has 0 atom stereocenters. The van der Waals surface area contributed by atoms with Gasteiger partial charge in [-0.3, -0.25) is 4.98 Å². The molecule has 2 heterocycles. The molecule has 0 amide bonds. The van der Waals surface area contributed by atoms with Crippen molar-refractivity contribution in [2.45, 2.75) is 37.5 Å². The molecule has 18 heavy (non-hydrogen) atoms. The van der Waals surface area contributed by atoms with Gasteiger partial charge in [0.05, 0.1) is 0 Å². The van der Waals surface area contributed by atoms with Crippen molar-refractivity contribution in [2.24, 2.45) is 12.8 Å². The molecule has 4 nitrogen and oxygen atoms in total. The average molecular weight is 244 g/mol. The molecule has 0 bridgehead atoms. The average Bonchev–Trinajstić information content (AvgIpc) is 2.78. The summed E-state index contributed by atoms with van der Waals surface area (Å²) in [5, 5.41) is 0. The van der Waals surface area contributed by atoms with Crippen LogP contribution in [0.4, 0.5) is 0 Å². The molecule has 0 spiro atoms. The smallest absolute Gasteiger partial charge is 0.158 e. The van der Waals surface area contributed by atoms with Crippen LogP contribution in [0, 0.1) is 0 Å². The van der Waals surface area contributed by atoms with Crippen LogP contribution in [0.3, 0.4) is 0 Å². The molecule has 0 radical (unpaired) electrons. The van der Waals surface area contributed by atoms with Gasteiger partial charge in [-0.2, -0.15) is 0 Å². The molecule has 96 valence electrons. The van der Waals surface area contributed by atoms with Gasteiger partial charge < -0.3 is 10.3 Å². The number of nitrogens with zero attached hydrogens (tertiary/aromatic N) is 3. The molecular weight excluding hydrogens is 224 g/mol. The van der Waals surface area contributed by atoms with Crippen LogP contribution in [-0.4, -0.2) is 21.1 Å². The van der Waals surface area contributed by atoms with Crippen molar-refractivity contribution >= 4 is 11.2 Å². The van der Waals surface area contributed by atoms with Crippen LogP contribution in [0.15, 0.2) is 18.6 Å². The lowest BCUT2D eigenvalue weighted by atomic mass is 9.70. The van der Waals surface area contributed by atoms with E-state index in [1.54, 1.807) is 12.4 Å². The van der Waals surface area contributed by atoms with E-state index in [1.807, 2.05) is 7.05 Å². The Morgan fingerprint density at radius 2 is 1.94 bits per heavy atom. The van der Waals surface area contributed by atoms with Crippen molar-refractivity contribution in [1.29, 1.82) is 0 Å². The lowest BCUT2D eigenvalue weighted by Crippen LogP contribution is -2.37. The molecule has 4 heteroatoms. The number of hydrogen-bond acceptors (Lipinski definition) is 3. The predicted octanol–water partition coefficient (Wildman–Crippen LogP) is 2.13. The zero-order valence-electron chi connectivity index (χ0n) is 10.9. The van der Waals surface area contributed by atoms with Crippen molar-refractivity contribution in [1.82, 2.24) is 14.5 Å². The minimum absolute atomic E-state index is 0.119. The zero-order chi connectivity index (χ0) is 12.6. The summed E-state index contributed by atoms with van der Waals surface area (Å²) in [5.41, 5.74) is 9.53. The molecule has 3 rings (SSSR count). The summed E-state index contributed by atoms with van der Waals surface area (Å²) in [6, 6.07) is 0. The summed E-state index contributed by atoms with van der Waals surface area (Å²) >= 11 is 0. The van der Waals surface area contributed by atoms with E-state index in [2.05, 4.69) is 20.7 Å². The maximum absolute atomic E-state index is 6.11. The highest BCUT2D eigenvalue weighted by atomic mass is 15.0. The van der Waals surface area contributed by atoms with Crippen LogP contribution in [0.5, 0.6) is 0 Å². The van der Waals surface area contributed by atoms with Gasteiger partial charge in [0.15, 0.2) is 5.65 Å². The van der Waals surface area contributed by atoms with E-state index < -0.39 is 0 Å². The first-order valence-electron chi connectivity index (χ1n) is 6.73. The molecule has 0 aliphatic heterocycles. The predicted molar refractivity (Wildman–Crippen MR) is 72.3 cm³/mol. The number of fused-ring (bicyclic) bond motifs is 1. The molecule has 1 aliphatic carbocycles. The second-order valence-corrected chi connectivity index (χ2v) is 5.43. The Kier molecular flexibility index (Phi) is 2.82. The minimum atomic E-state index is 0.119. The highest BCUT2D eigenvalue weighted by molar-refractivity contribution is 5.77. The van der Waals surface area contributed by atoms with Crippen molar-refractivity contribution in [2.75, 3.05) is 6.54 Å². The largest absolute Gasteiger partial charge is 0.334 e. The van der Waals surface area contributed by atoms with Gasteiger partial charge >= 0.3 is 0 Å². The molecule has 2 N–H and O–H groups in total. The van der Waals surface area contributed by atoms with Crippen molar-refractivity contribution in [3.05, 3.63) is 24.2 Å². The quantitative estimate of drug-likeness (QED) is 0.880. The van der Waals surface area contributed by atoms with Gasteiger partial charge in [-0.05, 0) is 12.8 Å². The van der Waals surface area contributed by atoms with E-state index >= 15 is 0 Å². The highest BCUT2D eigenvalue weighted by Crippen LogP contribution is 2.41. The molecule has 1 saturated carbocycles. The van der Waals surface area contributed by atoms with E-state index in [4.69, 9.17) is 5.73 Å². The second-order valence-electron chi connectivity index (χ2n) is 5.43. The zero-order valence-corrected chi connectivity index (χ0v) is 10.9. The third-order valence-corrected chi connectivity index (χ3v) is 4.36. The van der Waals surface area contributed by atoms with Gasteiger partial charge in [0.2, 0.25) is 0 Å². The summed E-state index contributed by atoms with van der Waals surface area (Å²) < 4.78 is 2.07. The summed E-state index contributed by atoms with van der Waals surface area (Å²) in [4.78, 5) is 8.95. The third kappa shape index (κ3) is 1.63. The monoisotopic (exact) mass is 244 g/mol. The normalized spacial score (nSPS) is 19.2. The number of rotatable bonds is 2. The van der Waals surface area contributed by atoms with Crippen LogP contribution in [0.2, 0.25) is 0 Å². The Balaban J connectivity index is 2.18. The molecular formula is C14H20N4. The molecule has 1 fully saturated rings. The van der Waals surface area contributed by atoms with Crippen molar-refractivity contribution in [3.63, 3.8) is 0 Å². The Labute approximate surface area is 107 Å².